The molecule has 146 valence electrons. The summed E-state index contributed by atoms with van der Waals surface area (Å²) in [5.74, 6) is -0.541. The lowest BCUT2D eigenvalue weighted by atomic mass is 9.91. The molecule has 4 aromatic rings. The van der Waals surface area contributed by atoms with Crippen molar-refractivity contribution in [3.05, 3.63) is 82.8 Å². The van der Waals surface area contributed by atoms with Crippen molar-refractivity contribution >= 4 is 50.2 Å². The van der Waals surface area contributed by atoms with Gasteiger partial charge in [0.25, 0.3) is 0 Å². The van der Waals surface area contributed by atoms with Crippen molar-refractivity contribution in [3.8, 4) is 22.3 Å². The van der Waals surface area contributed by atoms with E-state index in [1.807, 2.05) is 48.9 Å². The third-order valence-electron chi connectivity index (χ3n) is 4.88. The van der Waals surface area contributed by atoms with Crippen LogP contribution in [0.5, 0.6) is 0 Å². The number of rotatable bonds is 4. The Morgan fingerprint density at radius 1 is 0.655 bits per heavy atom. The zero-order valence-corrected chi connectivity index (χ0v) is 19.0. The molecule has 0 amide bonds. The first-order chi connectivity index (χ1) is 14.1. The van der Waals surface area contributed by atoms with E-state index < -0.39 is 0 Å². The molecule has 29 heavy (non-hydrogen) atoms. The first-order valence-electron chi connectivity index (χ1n) is 8.93. The van der Waals surface area contributed by atoms with Crippen LogP contribution in [-0.2, 0) is 0 Å². The molecule has 0 aliphatic rings. The molecular formula is C24H17BrF2S2. The van der Waals surface area contributed by atoms with Crippen molar-refractivity contribution in [1.29, 1.82) is 0 Å². The second-order valence-electron chi connectivity index (χ2n) is 6.47. The molecule has 5 heteroatoms. The number of halogens is 3. The molecule has 4 rings (SSSR count). The van der Waals surface area contributed by atoms with E-state index in [4.69, 9.17) is 0 Å². The average Bonchev–Trinajstić information content (AvgIpc) is 2.74. The molecule has 0 N–H and O–H groups in total. The Balaban J connectivity index is 2.22. The number of hydrogen-bond acceptors (Lipinski definition) is 2. The summed E-state index contributed by atoms with van der Waals surface area (Å²) in [6, 6.07) is 19.7. The predicted molar refractivity (Wildman–Crippen MR) is 126 cm³/mol. The largest absolute Gasteiger partial charge is 0.206 e. The van der Waals surface area contributed by atoms with Crippen LogP contribution in [0.15, 0.2) is 81.0 Å². The van der Waals surface area contributed by atoms with Crippen LogP contribution >= 0.6 is 39.5 Å². The second-order valence-corrected chi connectivity index (χ2v) is 9.01. The summed E-state index contributed by atoms with van der Waals surface area (Å²) < 4.78 is 30.6. The molecule has 0 radical (unpaired) electrons. The van der Waals surface area contributed by atoms with Crippen molar-refractivity contribution in [3.63, 3.8) is 0 Å². The summed E-state index contributed by atoms with van der Waals surface area (Å²) >= 11 is 6.59. The highest BCUT2D eigenvalue weighted by atomic mass is 79.9. The molecule has 0 aromatic heterocycles. The van der Waals surface area contributed by atoms with Crippen LogP contribution in [0.3, 0.4) is 0 Å². The molecule has 0 bridgehead atoms. The first-order valence-corrected chi connectivity index (χ1v) is 12.2. The van der Waals surface area contributed by atoms with Gasteiger partial charge in [0.15, 0.2) is 0 Å². The Bertz CT molecular complexity index is 1220. The number of fused-ring (bicyclic) bond motifs is 1. The van der Waals surface area contributed by atoms with Crippen molar-refractivity contribution in [2.45, 2.75) is 9.79 Å². The van der Waals surface area contributed by atoms with Gasteiger partial charge in [0.05, 0.1) is 0 Å². The normalized spacial score (nSPS) is 11.2. The van der Waals surface area contributed by atoms with Crippen LogP contribution < -0.4 is 0 Å². The Morgan fingerprint density at radius 3 is 1.76 bits per heavy atom. The number of hydrogen-bond donors (Lipinski definition) is 0. The van der Waals surface area contributed by atoms with Crippen LogP contribution in [0.4, 0.5) is 8.78 Å². The topological polar surface area (TPSA) is 0 Å². The average molecular weight is 487 g/mol. The predicted octanol–water partition coefficient (Wildman–Crippen LogP) is 8.66. The van der Waals surface area contributed by atoms with Gasteiger partial charge in [-0.3, -0.25) is 0 Å². The molecule has 0 atom stereocenters. The Hall–Kier alpha value is -1.82. The molecule has 0 fully saturated rings. The fourth-order valence-corrected chi connectivity index (χ4v) is 5.95. The summed E-state index contributed by atoms with van der Waals surface area (Å²) in [4.78, 5) is 1.90. The highest BCUT2D eigenvalue weighted by molar-refractivity contribution is 9.10. The van der Waals surface area contributed by atoms with Gasteiger partial charge >= 0.3 is 0 Å². The molecule has 0 spiro atoms. The molecule has 0 heterocycles. The van der Waals surface area contributed by atoms with Crippen LogP contribution in [0, 0.1) is 11.6 Å². The monoisotopic (exact) mass is 486 g/mol. The SMILES string of the molecule is CSc1c(SC)c(-c2cc(Br)ccc2F)c2ccccc2c1-c1ccccc1F. The third-order valence-corrected chi connectivity index (χ3v) is 7.13. The van der Waals surface area contributed by atoms with E-state index in [2.05, 4.69) is 15.9 Å². The van der Waals surface area contributed by atoms with Gasteiger partial charge in [-0.25, -0.2) is 8.78 Å². The molecule has 0 nitrogen and oxygen atoms in total. The van der Waals surface area contributed by atoms with E-state index in [9.17, 15) is 8.78 Å². The summed E-state index contributed by atoms with van der Waals surface area (Å²) in [5, 5.41) is 1.82. The smallest absolute Gasteiger partial charge is 0.131 e. The van der Waals surface area contributed by atoms with Crippen molar-refractivity contribution < 1.29 is 8.78 Å². The maximum absolute atomic E-state index is 14.9. The number of benzene rings is 4. The number of thioether (sulfide) groups is 2. The van der Waals surface area contributed by atoms with E-state index in [-0.39, 0.29) is 11.6 Å². The summed E-state index contributed by atoms with van der Waals surface area (Å²) in [7, 11) is 0. The third kappa shape index (κ3) is 3.60. The van der Waals surface area contributed by atoms with Crippen LogP contribution in [-0.4, -0.2) is 12.5 Å². The molecule has 0 aliphatic carbocycles. The minimum atomic E-state index is -0.278. The van der Waals surface area contributed by atoms with Gasteiger partial charge in [0.2, 0.25) is 0 Å². The van der Waals surface area contributed by atoms with E-state index in [1.54, 1.807) is 41.7 Å². The second kappa shape index (κ2) is 8.50. The summed E-state index contributed by atoms with van der Waals surface area (Å²) in [6.45, 7) is 0. The Kier molecular flexibility index (Phi) is 6.00. The van der Waals surface area contributed by atoms with Gasteiger partial charge in [-0.1, -0.05) is 58.4 Å². The zero-order valence-electron chi connectivity index (χ0n) is 15.8. The fraction of sp³-hybridized carbons (Fsp3) is 0.0833. The van der Waals surface area contributed by atoms with E-state index >= 15 is 0 Å². The van der Waals surface area contributed by atoms with Crippen LogP contribution in [0.25, 0.3) is 33.0 Å². The lowest BCUT2D eigenvalue weighted by Crippen LogP contribution is -1.97. The van der Waals surface area contributed by atoms with E-state index in [0.717, 1.165) is 36.2 Å². The maximum Gasteiger partial charge on any atom is 0.131 e. The minimum Gasteiger partial charge on any atom is -0.206 e. The van der Waals surface area contributed by atoms with Crippen LogP contribution in [0.2, 0.25) is 0 Å². The van der Waals surface area contributed by atoms with Gasteiger partial charge in [0, 0.05) is 36.5 Å². The highest BCUT2D eigenvalue weighted by Crippen LogP contribution is 2.49. The van der Waals surface area contributed by atoms with E-state index in [0.29, 0.717) is 11.1 Å². The van der Waals surface area contributed by atoms with Gasteiger partial charge in [-0.2, -0.15) is 0 Å². The standard InChI is InChI=1S/C24H17BrF2S2/c1-28-23-21(17-9-5-6-10-19(17)26)15-7-3-4-8-16(15)22(24(23)29-2)18-13-14(25)11-12-20(18)27/h3-13H,1-2H3. The summed E-state index contributed by atoms with van der Waals surface area (Å²) in [5.41, 5.74) is 2.80. The fourth-order valence-electron chi connectivity index (χ4n) is 3.67. The van der Waals surface area contributed by atoms with Crippen molar-refractivity contribution in [2.24, 2.45) is 0 Å². The lowest BCUT2D eigenvalue weighted by Gasteiger charge is -2.21. The summed E-state index contributed by atoms with van der Waals surface area (Å²) in [6.07, 6.45) is 3.96. The van der Waals surface area contributed by atoms with Gasteiger partial charge in [-0.15, -0.1) is 23.5 Å². The minimum absolute atomic E-state index is 0.263. The zero-order chi connectivity index (χ0) is 20.5. The molecule has 4 aromatic carbocycles. The van der Waals surface area contributed by atoms with Crippen LogP contribution in [0.1, 0.15) is 0 Å². The first kappa shape index (κ1) is 20.5. The molecule has 0 saturated carbocycles. The quantitative estimate of drug-likeness (QED) is 0.264. The van der Waals surface area contributed by atoms with Gasteiger partial charge < -0.3 is 0 Å². The molecule has 0 unspecified atom stereocenters. The molecule has 0 aliphatic heterocycles. The van der Waals surface area contributed by atoms with Gasteiger partial charge in [-0.05, 0) is 47.5 Å². The maximum atomic E-state index is 14.9. The lowest BCUT2D eigenvalue weighted by molar-refractivity contribution is 0.630. The molecular weight excluding hydrogens is 470 g/mol. The molecule has 0 saturated heterocycles. The highest BCUT2D eigenvalue weighted by Gasteiger charge is 2.23. The van der Waals surface area contributed by atoms with Crippen molar-refractivity contribution in [2.75, 3.05) is 12.5 Å². The Labute approximate surface area is 185 Å². The van der Waals surface area contributed by atoms with Gasteiger partial charge in [0.1, 0.15) is 11.6 Å². The van der Waals surface area contributed by atoms with Crippen molar-refractivity contribution in [1.82, 2.24) is 0 Å². The Morgan fingerprint density at radius 2 is 1.17 bits per heavy atom. The van der Waals surface area contributed by atoms with E-state index in [1.165, 1.54) is 12.1 Å².